The molecule has 13 nitrogen and oxygen atoms in total. The standard InChI is InChI=1S/C36H36F2N10O3/c1-20-40-28-9-5-7-24-27-8-6-10-31(42-27)41-22-14-30(36(49)45(2)17-23(51-4)18-46(20)33(24)28)47(16-22)34-25-15-39-48(29-12-11-21(37)13-26(29)38)35(25)44-32(43-34)19-50-3/h5-13,15,22-23,30H,14,16-19H2,1-4H3,(H,41,42)/t22-,23-,30-/m0/s1. The van der Waals surface area contributed by atoms with E-state index in [0.29, 0.717) is 54.5 Å². The van der Waals surface area contributed by atoms with E-state index in [1.807, 2.05) is 48.2 Å². The minimum Gasteiger partial charge on any atom is -0.378 e. The van der Waals surface area contributed by atoms with Gasteiger partial charge in [0.2, 0.25) is 5.91 Å². The predicted octanol–water partition coefficient (Wildman–Crippen LogP) is 4.51. The Morgan fingerprint density at radius 1 is 0.980 bits per heavy atom. The molecule has 0 aliphatic carbocycles. The highest BCUT2D eigenvalue weighted by atomic mass is 19.1. The summed E-state index contributed by atoms with van der Waals surface area (Å²) in [6.07, 6.45) is 1.64. The van der Waals surface area contributed by atoms with Crippen LogP contribution in [-0.2, 0) is 27.4 Å². The van der Waals surface area contributed by atoms with Crippen LogP contribution in [0.5, 0.6) is 0 Å². The Hall–Kier alpha value is -5.54. The number of pyridine rings is 1. The van der Waals surface area contributed by atoms with Crippen LogP contribution in [0.1, 0.15) is 18.1 Å². The fourth-order valence-corrected chi connectivity index (χ4v) is 7.25. The van der Waals surface area contributed by atoms with Gasteiger partial charge in [-0.2, -0.15) is 5.10 Å². The number of rotatable bonds is 5. The number of ether oxygens (including phenoxy) is 2. The Morgan fingerprint density at radius 2 is 1.82 bits per heavy atom. The molecule has 51 heavy (non-hydrogen) atoms. The number of nitrogens with zero attached hydrogens (tertiary/aromatic N) is 9. The molecule has 1 amide bonds. The second-order valence-corrected chi connectivity index (χ2v) is 13.0. The maximum absolute atomic E-state index is 15.0. The Bertz CT molecular complexity index is 2290. The molecule has 2 aliphatic rings. The first-order valence-electron chi connectivity index (χ1n) is 16.7. The molecule has 15 heteroatoms. The molecule has 3 atom stereocenters. The average Bonchev–Trinajstić information content (AvgIpc) is 3.82. The van der Waals surface area contributed by atoms with Gasteiger partial charge in [-0.25, -0.2) is 33.4 Å². The lowest BCUT2D eigenvalue weighted by Gasteiger charge is -2.31. The molecule has 0 spiro atoms. The van der Waals surface area contributed by atoms with Crippen molar-refractivity contribution >= 4 is 39.6 Å². The molecule has 0 saturated carbocycles. The molecule has 4 aromatic heterocycles. The van der Waals surface area contributed by atoms with Crippen LogP contribution in [0, 0.1) is 18.6 Å². The summed E-state index contributed by atoms with van der Waals surface area (Å²) in [6, 6.07) is 14.3. The number of methoxy groups -OCH3 is 2. The van der Waals surface area contributed by atoms with Gasteiger partial charge in [-0.3, -0.25) is 4.79 Å². The fraction of sp³-hybridized carbons (Fsp3) is 0.333. The van der Waals surface area contributed by atoms with Gasteiger partial charge in [0, 0.05) is 52.0 Å². The lowest BCUT2D eigenvalue weighted by Crippen LogP contribution is -2.47. The first-order valence-corrected chi connectivity index (χ1v) is 16.7. The molecule has 1 N–H and O–H groups in total. The van der Waals surface area contributed by atoms with Crippen LogP contribution in [0.3, 0.4) is 0 Å². The van der Waals surface area contributed by atoms with Gasteiger partial charge in [-0.15, -0.1) is 0 Å². The fourth-order valence-electron chi connectivity index (χ4n) is 7.25. The predicted molar refractivity (Wildman–Crippen MR) is 187 cm³/mol. The number of imidazole rings is 1. The molecule has 1 saturated heterocycles. The summed E-state index contributed by atoms with van der Waals surface area (Å²) in [5, 5.41) is 8.53. The van der Waals surface area contributed by atoms with Gasteiger partial charge in [-0.05, 0) is 43.7 Å². The van der Waals surface area contributed by atoms with Crippen molar-refractivity contribution in [3.05, 3.63) is 84.1 Å². The van der Waals surface area contributed by atoms with Crippen molar-refractivity contribution in [1.29, 1.82) is 0 Å². The maximum atomic E-state index is 15.0. The van der Waals surface area contributed by atoms with Crippen LogP contribution < -0.4 is 10.2 Å². The third-order valence-electron chi connectivity index (χ3n) is 9.63. The van der Waals surface area contributed by atoms with Crippen LogP contribution in [0.25, 0.3) is 39.0 Å². The summed E-state index contributed by atoms with van der Waals surface area (Å²) >= 11 is 0. The number of nitrogens with one attached hydrogen (secondary N) is 1. The second kappa shape index (κ2) is 13.0. The Kier molecular flexibility index (Phi) is 8.30. The number of carbonyl (C=O) groups is 1. The normalized spacial score (nSPS) is 19.4. The van der Waals surface area contributed by atoms with Crippen molar-refractivity contribution in [2.24, 2.45) is 0 Å². The minimum absolute atomic E-state index is 0.0257. The van der Waals surface area contributed by atoms with Crippen molar-refractivity contribution in [2.45, 2.75) is 44.7 Å². The number of anilines is 2. The zero-order valence-corrected chi connectivity index (χ0v) is 28.5. The van der Waals surface area contributed by atoms with E-state index in [0.717, 1.165) is 40.2 Å². The largest absolute Gasteiger partial charge is 0.378 e. The molecule has 4 bridgehead atoms. The van der Waals surface area contributed by atoms with E-state index in [1.54, 1.807) is 25.3 Å². The summed E-state index contributed by atoms with van der Waals surface area (Å²) in [5.41, 5.74) is 3.87. The number of hydrogen-bond donors (Lipinski definition) is 1. The van der Waals surface area contributed by atoms with Crippen molar-refractivity contribution in [1.82, 2.24) is 39.2 Å². The summed E-state index contributed by atoms with van der Waals surface area (Å²) in [5.74, 6) is 0.642. The van der Waals surface area contributed by atoms with Gasteiger partial charge in [-0.1, -0.05) is 18.2 Å². The number of amides is 1. The summed E-state index contributed by atoms with van der Waals surface area (Å²) in [4.78, 5) is 37.5. The van der Waals surface area contributed by atoms with Crippen LogP contribution in [0.2, 0.25) is 0 Å². The molecule has 0 radical (unpaired) electrons. The second-order valence-electron chi connectivity index (χ2n) is 13.0. The van der Waals surface area contributed by atoms with Gasteiger partial charge in [0.25, 0.3) is 0 Å². The number of hydrogen-bond acceptors (Lipinski definition) is 10. The van der Waals surface area contributed by atoms with Crippen LogP contribution >= 0.6 is 0 Å². The zero-order valence-electron chi connectivity index (χ0n) is 28.5. The number of aromatic nitrogens is 7. The van der Waals surface area contributed by atoms with Gasteiger partial charge in [0.15, 0.2) is 17.3 Å². The van der Waals surface area contributed by atoms with E-state index in [1.165, 1.54) is 17.9 Å². The maximum Gasteiger partial charge on any atom is 0.245 e. The third-order valence-corrected chi connectivity index (χ3v) is 9.63. The van der Waals surface area contributed by atoms with Crippen molar-refractivity contribution in [3.63, 3.8) is 0 Å². The smallest absolute Gasteiger partial charge is 0.245 e. The van der Waals surface area contributed by atoms with E-state index >= 15 is 4.39 Å². The third kappa shape index (κ3) is 5.81. The van der Waals surface area contributed by atoms with Gasteiger partial charge >= 0.3 is 0 Å². The highest BCUT2D eigenvalue weighted by Crippen LogP contribution is 2.35. The van der Waals surface area contributed by atoms with Crippen molar-refractivity contribution in [2.75, 3.05) is 44.6 Å². The summed E-state index contributed by atoms with van der Waals surface area (Å²) in [7, 11) is 4.95. The number of likely N-dealkylation sites (N-methyl/N-ethyl adjacent to an activating group) is 1. The average molecular weight is 695 g/mol. The molecule has 2 aromatic carbocycles. The van der Waals surface area contributed by atoms with E-state index in [4.69, 9.17) is 24.4 Å². The monoisotopic (exact) mass is 694 g/mol. The Labute approximate surface area is 291 Å². The van der Waals surface area contributed by atoms with E-state index < -0.39 is 17.7 Å². The molecule has 262 valence electrons. The number of halogens is 2. The van der Waals surface area contributed by atoms with Crippen molar-refractivity contribution < 1.29 is 23.0 Å². The Morgan fingerprint density at radius 3 is 2.63 bits per heavy atom. The highest BCUT2D eigenvalue weighted by molar-refractivity contribution is 5.94. The van der Waals surface area contributed by atoms with E-state index in [2.05, 4.69) is 20.0 Å². The number of fused-ring (bicyclic) bond motifs is 6. The number of aryl methyl sites for hydroxylation is 1. The topological polar surface area (TPSA) is 128 Å². The summed E-state index contributed by atoms with van der Waals surface area (Å²) in [6.45, 7) is 3.20. The molecule has 0 unspecified atom stereocenters. The van der Waals surface area contributed by atoms with Crippen LogP contribution in [-0.4, -0.2) is 97.6 Å². The first kappa shape index (κ1) is 32.7. The molecular formula is C36H36F2N10O3. The van der Waals surface area contributed by atoms with Gasteiger partial charge in [0.1, 0.15) is 41.6 Å². The SMILES string of the molecule is COCc1nc(N2C[C@@H]3C[C@H]2C(=O)N(C)C[C@H](OC)Cn2c(C)nc4cccc(c42)-c2cccc(n2)N3)c2cnn(-c3ccc(F)cc3F)c2n1. The van der Waals surface area contributed by atoms with E-state index in [-0.39, 0.29) is 30.3 Å². The van der Waals surface area contributed by atoms with Gasteiger partial charge < -0.3 is 29.2 Å². The molecule has 8 rings (SSSR count). The summed E-state index contributed by atoms with van der Waals surface area (Å²) < 4.78 is 43.7. The van der Waals surface area contributed by atoms with Crippen LogP contribution in [0.15, 0.2) is 60.8 Å². The molecule has 6 heterocycles. The number of para-hydroxylation sites is 1. The lowest BCUT2D eigenvalue weighted by atomic mass is 10.1. The molecule has 6 aromatic rings. The molecular weight excluding hydrogens is 658 g/mol. The quantitative estimate of drug-likeness (QED) is 0.276. The zero-order chi connectivity index (χ0) is 35.4. The Balaban J connectivity index is 1.25. The van der Waals surface area contributed by atoms with E-state index in [9.17, 15) is 9.18 Å². The lowest BCUT2D eigenvalue weighted by molar-refractivity contribution is -0.132. The van der Waals surface area contributed by atoms with Crippen molar-refractivity contribution in [3.8, 4) is 16.9 Å². The highest BCUT2D eigenvalue weighted by Gasteiger charge is 2.41. The first-order chi connectivity index (χ1) is 24.7. The minimum atomic E-state index is -0.793. The molecule has 1 fully saturated rings. The van der Waals surface area contributed by atoms with Crippen LogP contribution in [0.4, 0.5) is 20.4 Å². The van der Waals surface area contributed by atoms with Gasteiger partial charge in [0.05, 0.1) is 41.0 Å². The number of carbonyl (C=O) groups excluding carboxylic acids is 1. The molecule has 2 aliphatic heterocycles. The number of benzene rings is 2.